The standard InChI is InChI=1S/C15H11N5O2/c1-21-12-7-6-11-13(16-12)15(8-22-11)9-4-2-3-5-10(9)20-14(15)17-18-19-20/h2-7H,8H2,1H3. The quantitative estimate of drug-likeness (QED) is 0.669. The second-order valence-electron chi connectivity index (χ2n) is 5.33. The highest BCUT2D eigenvalue weighted by atomic mass is 16.5. The average molecular weight is 293 g/mol. The summed E-state index contributed by atoms with van der Waals surface area (Å²) in [6.07, 6.45) is 0. The highest BCUT2D eigenvalue weighted by molar-refractivity contribution is 5.63. The lowest BCUT2D eigenvalue weighted by molar-refractivity contribution is 0.310. The molecule has 22 heavy (non-hydrogen) atoms. The summed E-state index contributed by atoms with van der Waals surface area (Å²) in [5.74, 6) is 2.02. The fraction of sp³-hybridized carbons (Fsp3) is 0.200. The highest BCUT2D eigenvalue weighted by Gasteiger charge is 2.55. The molecule has 108 valence electrons. The number of hydrogen-bond acceptors (Lipinski definition) is 6. The van der Waals surface area contributed by atoms with Crippen LogP contribution in [0.5, 0.6) is 11.6 Å². The number of ether oxygens (including phenoxy) is 2. The first-order valence-corrected chi connectivity index (χ1v) is 6.91. The van der Waals surface area contributed by atoms with E-state index in [-0.39, 0.29) is 0 Å². The number of fused-ring (bicyclic) bond motifs is 7. The number of benzene rings is 1. The smallest absolute Gasteiger partial charge is 0.213 e. The fourth-order valence-corrected chi connectivity index (χ4v) is 3.35. The summed E-state index contributed by atoms with van der Waals surface area (Å²) in [5, 5.41) is 12.2. The summed E-state index contributed by atoms with van der Waals surface area (Å²) >= 11 is 0. The van der Waals surface area contributed by atoms with Crippen molar-refractivity contribution in [2.24, 2.45) is 0 Å². The molecule has 7 nitrogen and oxygen atoms in total. The molecule has 5 rings (SSSR count). The van der Waals surface area contributed by atoms with Crippen molar-refractivity contribution in [3.8, 4) is 17.3 Å². The van der Waals surface area contributed by atoms with Crippen molar-refractivity contribution in [2.75, 3.05) is 13.7 Å². The molecule has 0 amide bonds. The predicted molar refractivity (Wildman–Crippen MR) is 75.3 cm³/mol. The Bertz CT molecular complexity index is 906. The molecule has 1 atom stereocenters. The van der Waals surface area contributed by atoms with E-state index in [1.807, 2.05) is 24.3 Å². The van der Waals surface area contributed by atoms with Crippen molar-refractivity contribution in [1.82, 2.24) is 25.2 Å². The van der Waals surface area contributed by atoms with Crippen LogP contribution in [0.25, 0.3) is 5.69 Å². The molecule has 0 radical (unpaired) electrons. The molecule has 2 aromatic heterocycles. The van der Waals surface area contributed by atoms with Crippen molar-refractivity contribution < 1.29 is 9.47 Å². The number of aromatic nitrogens is 5. The molecule has 1 unspecified atom stereocenters. The summed E-state index contributed by atoms with van der Waals surface area (Å²) in [4.78, 5) is 4.63. The number of rotatable bonds is 1. The molecule has 0 aliphatic carbocycles. The van der Waals surface area contributed by atoms with E-state index in [4.69, 9.17) is 9.47 Å². The Labute approximate surface area is 125 Å². The Morgan fingerprint density at radius 3 is 3.05 bits per heavy atom. The minimum Gasteiger partial charge on any atom is -0.490 e. The lowest BCUT2D eigenvalue weighted by Crippen LogP contribution is -2.30. The summed E-state index contributed by atoms with van der Waals surface area (Å²) in [6.45, 7) is 0.430. The topological polar surface area (TPSA) is 75.0 Å². The Morgan fingerprint density at radius 1 is 1.23 bits per heavy atom. The van der Waals surface area contributed by atoms with E-state index in [1.54, 1.807) is 17.9 Å². The normalized spacial score (nSPS) is 20.4. The lowest BCUT2D eigenvalue weighted by atomic mass is 9.79. The molecule has 0 saturated carbocycles. The summed E-state index contributed by atoms with van der Waals surface area (Å²) in [7, 11) is 1.60. The number of para-hydroxylation sites is 1. The molecule has 1 spiro atoms. The molecule has 0 saturated heterocycles. The van der Waals surface area contributed by atoms with Crippen LogP contribution in [0.2, 0.25) is 0 Å². The molecule has 0 bridgehead atoms. The van der Waals surface area contributed by atoms with Gasteiger partial charge < -0.3 is 9.47 Å². The summed E-state index contributed by atoms with van der Waals surface area (Å²) < 4.78 is 12.9. The van der Waals surface area contributed by atoms with Crippen molar-refractivity contribution in [2.45, 2.75) is 5.41 Å². The number of methoxy groups -OCH3 is 1. The predicted octanol–water partition coefficient (Wildman–Crippen LogP) is 1.11. The second-order valence-corrected chi connectivity index (χ2v) is 5.33. The maximum absolute atomic E-state index is 5.89. The second kappa shape index (κ2) is 3.82. The summed E-state index contributed by atoms with van der Waals surface area (Å²) in [5.41, 5.74) is 2.26. The van der Waals surface area contributed by atoms with Crippen LogP contribution in [0.4, 0.5) is 0 Å². The Kier molecular flexibility index (Phi) is 2.03. The van der Waals surface area contributed by atoms with Crippen LogP contribution in [0.3, 0.4) is 0 Å². The summed E-state index contributed by atoms with van der Waals surface area (Å²) in [6, 6.07) is 11.7. The molecule has 7 heteroatoms. The minimum atomic E-state index is -0.579. The number of pyridine rings is 1. The minimum absolute atomic E-state index is 0.430. The molecule has 0 N–H and O–H groups in total. The van der Waals surface area contributed by atoms with E-state index in [1.165, 1.54) is 0 Å². The molecule has 4 heterocycles. The van der Waals surface area contributed by atoms with Gasteiger partial charge in [-0.1, -0.05) is 18.2 Å². The first kappa shape index (κ1) is 11.7. The third-order valence-electron chi connectivity index (χ3n) is 4.33. The largest absolute Gasteiger partial charge is 0.490 e. The first-order chi connectivity index (χ1) is 10.8. The van der Waals surface area contributed by atoms with Crippen LogP contribution in [0, 0.1) is 0 Å². The van der Waals surface area contributed by atoms with Crippen LogP contribution in [0.1, 0.15) is 17.1 Å². The van der Waals surface area contributed by atoms with E-state index < -0.39 is 5.41 Å². The zero-order chi connectivity index (χ0) is 14.7. The zero-order valence-corrected chi connectivity index (χ0v) is 11.7. The molecular formula is C15H11N5O2. The van der Waals surface area contributed by atoms with Crippen molar-refractivity contribution in [3.05, 3.63) is 53.5 Å². The van der Waals surface area contributed by atoms with Gasteiger partial charge in [0, 0.05) is 11.6 Å². The fourth-order valence-electron chi connectivity index (χ4n) is 3.35. The van der Waals surface area contributed by atoms with E-state index in [0.717, 1.165) is 28.5 Å². The van der Waals surface area contributed by atoms with Crippen molar-refractivity contribution >= 4 is 0 Å². The van der Waals surface area contributed by atoms with E-state index in [9.17, 15) is 0 Å². The first-order valence-electron chi connectivity index (χ1n) is 6.91. The van der Waals surface area contributed by atoms with Crippen LogP contribution in [0.15, 0.2) is 36.4 Å². The van der Waals surface area contributed by atoms with E-state index in [0.29, 0.717) is 12.5 Å². The third-order valence-corrected chi connectivity index (χ3v) is 4.33. The Balaban J connectivity index is 1.88. The van der Waals surface area contributed by atoms with Crippen molar-refractivity contribution in [1.29, 1.82) is 0 Å². The van der Waals surface area contributed by atoms with Gasteiger partial charge in [0.2, 0.25) is 5.88 Å². The van der Waals surface area contributed by atoms with Crippen molar-refractivity contribution in [3.63, 3.8) is 0 Å². The number of hydrogen-bond donors (Lipinski definition) is 0. The van der Waals surface area contributed by atoms with E-state index in [2.05, 4.69) is 26.6 Å². The third kappa shape index (κ3) is 1.18. The van der Waals surface area contributed by atoms with Gasteiger partial charge >= 0.3 is 0 Å². The van der Waals surface area contributed by atoms with Gasteiger partial charge in [0.15, 0.2) is 5.82 Å². The van der Waals surface area contributed by atoms with Gasteiger partial charge in [-0.2, -0.15) is 4.68 Å². The van der Waals surface area contributed by atoms with Crippen LogP contribution < -0.4 is 9.47 Å². The van der Waals surface area contributed by atoms with Gasteiger partial charge in [-0.25, -0.2) is 4.98 Å². The number of tetrazole rings is 1. The Morgan fingerprint density at radius 2 is 2.14 bits per heavy atom. The molecule has 2 aliphatic heterocycles. The van der Waals surface area contributed by atoms with Gasteiger partial charge in [0.25, 0.3) is 0 Å². The monoisotopic (exact) mass is 293 g/mol. The van der Waals surface area contributed by atoms with E-state index >= 15 is 0 Å². The Hall–Kier alpha value is -2.96. The SMILES string of the molecule is COc1ccc2c(n1)C1(CO2)c2ccccc2-n2nnnc21. The number of nitrogens with zero attached hydrogens (tertiary/aromatic N) is 5. The zero-order valence-electron chi connectivity index (χ0n) is 11.7. The van der Waals surface area contributed by atoms with Crippen LogP contribution in [-0.4, -0.2) is 38.9 Å². The van der Waals surface area contributed by atoms with Crippen LogP contribution in [-0.2, 0) is 5.41 Å². The van der Waals surface area contributed by atoms with Gasteiger partial charge in [-0.05, 0) is 22.6 Å². The molecule has 1 aromatic carbocycles. The van der Waals surface area contributed by atoms with Gasteiger partial charge in [-0.15, -0.1) is 5.10 Å². The lowest BCUT2D eigenvalue weighted by Gasteiger charge is -2.20. The van der Waals surface area contributed by atoms with Gasteiger partial charge in [0.05, 0.1) is 12.8 Å². The maximum Gasteiger partial charge on any atom is 0.213 e. The molecule has 2 aliphatic rings. The average Bonchev–Trinajstić information content (AvgIpc) is 3.24. The van der Waals surface area contributed by atoms with Gasteiger partial charge in [-0.3, -0.25) is 0 Å². The maximum atomic E-state index is 5.89. The van der Waals surface area contributed by atoms with Gasteiger partial charge in [0.1, 0.15) is 23.5 Å². The molecule has 3 aromatic rings. The molecule has 0 fully saturated rings. The highest BCUT2D eigenvalue weighted by Crippen LogP contribution is 2.51. The van der Waals surface area contributed by atoms with Crippen LogP contribution >= 0.6 is 0 Å². The molecular weight excluding hydrogens is 282 g/mol.